The van der Waals surface area contributed by atoms with Gasteiger partial charge in [-0.3, -0.25) is 9.98 Å². The number of hydrogen-bond donors (Lipinski definition) is 3. The second-order valence-electron chi connectivity index (χ2n) is 4.11. The van der Waals surface area contributed by atoms with Crippen LogP contribution in [0, 0.1) is 5.41 Å². The van der Waals surface area contributed by atoms with Crippen molar-refractivity contribution in [2.24, 2.45) is 12.8 Å². The molecule has 2 aromatic rings. The molecule has 1 aromatic heterocycles. The third-order valence-electron chi connectivity index (χ3n) is 2.76. The van der Waals surface area contributed by atoms with Gasteiger partial charge in [-0.25, -0.2) is 9.89 Å². The first-order chi connectivity index (χ1) is 9.52. The van der Waals surface area contributed by atoms with E-state index in [1.165, 1.54) is 23.4 Å². The quantitative estimate of drug-likeness (QED) is 0.427. The summed E-state index contributed by atoms with van der Waals surface area (Å²) in [6.45, 7) is 0. The van der Waals surface area contributed by atoms with Crippen LogP contribution in [-0.2, 0) is 12.8 Å². The average molecular weight is 293 g/mol. The van der Waals surface area contributed by atoms with Crippen molar-refractivity contribution in [3.63, 3.8) is 0 Å². The molecule has 20 heavy (non-hydrogen) atoms. The summed E-state index contributed by atoms with van der Waals surface area (Å²) in [5, 5.41) is 14.4. The summed E-state index contributed by atoms with van der Waals surface area (Å²) in [5.41, 5.74) is 6.79. The zero-order valence-electron chi connectivity index (χ0n) is 11.1. The molecule has 0 bridgehead atoms. The topological polar surface area (TPSA) is 110 Å². The number of nitrogens with zero attached hydrogens (tertiary/aromatic N) is 2. The molecule has 0 aliphatic heterocycles. The van der Waals surface area contributed by atoms with Gasteiger partial charge in [0.15, 0.2) is 5.16 Å². The summed E-state index contributed by atoms with van der Waals surface area (Å²) in [6.07, 6.45) is 0. The van der Waals surface area contributed by atoms with Crippen molar-refractivity contribution in [3.8, 4) is 5.75 Å². The number of aromatic nitrogens is 3. The Morgan fingerprint density at radius 3 is 2.90 bits per heavy atom. The number of hydrogen-bond acceptors (Lipinski definition) is 5. The Bertz CT molecular complexity index is 691. The lowest BCUT2D eigenvalue weighted by Gasteiger charge is -2.09. The normalized spacial score (nSPS) is 10.5. The Balaban J connectivity index is 2.16. The number of nitrogen functional groups attached to an aromatic ring is 1. The number of benzene rings is 1. The van der Waals surface area contributed by atoms with E-state index in [-0.39, 0.29) is 11.5 Å². The van der Waals surface area contributed by atoms with Crippen molar-refractivity contribution in [1.29, 1.82) is 5.41 Å². The third-order valence-corrected chi connectivity index (χ3v) is 3.86. The summed E-state index contributed by atoms with van der Waals surface area (Å²) in [5.74, 6) is 1.16. The van der Waals surface area contributed by atoms with Gasteiger partial charge < -0.3 is 10.5 Å². The first-order valence-electron chi connectivity index (χ1n) is 5.78. The molecule has 8 heteroatoms. The summed E-state index contributed by atoms with van der Waals surface area (Å²) in [7, 11) is 3.20. The van der Waals surface area contributed by atoms with Crippen LogP contribution >= 0.6 is 11.8 Å². The number of amidine groups is 1. The highest BCUT2D eigenvalue weighted by Gasteiger charge is 2.09. The summed E-state index contributed by atoms with van der Waals surface area (Å²) in [4.78, 5) is 11.2. The maximum absolute atomic E-state index is 11.2. The van der Waals surface area contributed by atoms with Crippen LogP contribution in [0.15, 0.2) is 28.2 Å². The van der Waals surface area contributed by atoms with Gasteiger partial charge >= 0.3 is 5.69 Å². The van der Waals surface area contributed by atoms with Gasteiger partial charge in [-0.1, -0.05) is 17.8 Å². The van der Waals surface area contributed by atoms with E-state index in [1.54, 1.807) is 13.1 Å². The number of ether oxygens (including phenoxy) is 1. The predicted octanol–water partition coefficient (Wildman–Crippen LogP) is 0.693. The van der Waals surface area contributed by atoms with Crippen LogP contribution in [0.5, 0.6) is 5.75 Å². The Morgan fingerprint density at radius 1 is 1.60 bits per heavy atom. The molecule has 0 radical (unpaired) electrons. The van der Waals surface area contributed by atoms with E-state index >= 15 is 0 Å². The minimum Gasteiger partial charge on any atom is -0.496 e. The van der Waals surface area contributed by atoms with E-state index in [0.29, 0.717) is 22.2 Å². The lowest BCUT2D eigenvalue weighted by molar-refractivity contribution is 0.413. The monoisotopic (exact) mass is 293 g/mol. The van der Waals surface area contributed by atoms with Gasteiger partial charge in [-0.2, -0.15) is 0 Å². The van der Waals surface area contributed by atoms with E-state index in [2.05, 4.69) is 10.2 Å². The molecule has 0 saturated heterocycles. The molecule has 0 amide bonds. The average Bonchev–Trinajstić information content (AvgIpc) is 2.76. The van der Waals surface area contributed by atoms with Crippen molar-refractivity contribution in [1.82, 2.24) is 14.8 Å². The van der Waals surface area contributed by atoms with Gasteiger partial charge in [0.25, 0.3) is 0 Å². The highest BCUT2D eigenvalue weighted by Crippen LogP contribution is 2.24. The maximum Gasteiger partial charge on any atom is 0.343 e. The van der Waals surface area contributed by atoms with E-state index in [0.717, 1.165) is 5.56 Å². The molecule has 0 aliphatic rings. The second kappa shape index (κ2) is 5.83. The molecule has 1 heterocycles. The summed E-state index contributed by atoms with van der Waals surface area (Å²) < 4.78 is 6.67. The molecule has 0 saturated carbocycles. The lowest BCUT2D eigenvalue weighted by Crippen LogP contribution is -2.13. The molecular formula is C12H15N5O2S. The predicted molar refractivity (Wildman–Crippen MR) is 77.4 cm³/mol. The van der Waals surface area contributed by atoms with Gasteiger partial charge in [0.05, 0.1) is 12.7 Å². The van der Waals surface area contributed by atoms with Gasteiger partial charge in [-0.05, 0) is 17.7 Å². The van der Waals surface area contributed by atoms with E-state index in [4.69, 9.17) is 15.9 Å². The van der Waals surface area contributed by atoms with Gasteiger partial charge in [0.2, 0.25) is 0 Å². The molecule has 0 fully saturated rings. The van der Waals surface area contributed by atoms with E-state index < -0.39 is 0 Å². The smallest absolute Gasteiger partial charge is 0.343 e. The number of methoxy groups -OCH3 is 1. The highest BCUT2D eigenvalue weighted by atomic mass is 32.2. The first kappa shape index (κ1) is 14.2. The number of H-pyrrole nitrogens is 1. The Hall–Kier alpha value is -2.22. The van der Waals surface area contributed by atoms with Crippen LogP contribution in [-0.4, -0.2) is 27.7 Å². The zero-order chi connectivity index (χ0) is 14.7. The largest absolute Gasteiger partial charge is 0.496 e. The van der Waals surface area contributed by atoms with Gasteiger partial charge in [-0.15, -0.1) is 5.10 Å². The van der Waals surface area contributed by atoms with Crippen molar-refractivity contribution in [3.05, 3.63) is 39.8 Å². The first-order valence-corrected chi connectivity index (χ1v) is 6.77. The molecule has 1 aromatic carbocycles. The van der Waals surface area contributed by atoms with Crippen LogP contribution in [0.4, 0.5) is 0 Å². The number of rotatable bonds is 5. The molecule has 0 atom stereocenters. The third kappa shape index (κ3) is 2.85. The van der Waals surface area contributed by atoms with Crippen molar-refractivity contribution < 1.29 is 4.74 Å². The number of thioether (sulfide) groups is 1. The van der Waals surface area contributed by atoms with E-state index in [1.807, 2.05) is 12.1 Å². The Labute approximate surface area is 119 Å². The van der Waals surface area contributed by atoms with Crippen LogP contribution in [0.2, 0.25) is 0 Å². The molecular weight excluding hydrogens is 278 g/mol. The number of nitrogens with two attached hydrogens (primary N) is 1. The molecule has 2 rings (SSSR count). The fourth-order valence-electron chi connectivity index (χ4n) is 1.66. The number of nitrogens with one attached hydrogen (secondary N) is 2. The summed E-state index contributed by atoms with van der Waals surface area (Å²) >= 11 is 1.43. The maximum atomic E-state index is 11.2. The lowest BCUT2D eigenvalue weighted by atomic mass is 10.1. The fraction of sp³-hybridized carbons (Fsp3) is 0.250. The van der Waals surface area contributed by atoms with Gasteiger partial charge in [0, 0.05) is 12.8 Å². The van der Waals surface area contributed by atoms with Crippen molar-refractivity contribution >= 4 is 17.6 Å². The molecule has 0 aliphatic carbocycles. The van der Waals surface area contributed by atoms with Crippen LogP contribution in [0.3, 0.4) is 0 Å². The van der Waals surface area contributed by atoms with Crippen LogP contribution in [0.1, 0.15) is 11.1 Å². The standard InChI is InChI=1S/C12H15N5O2S/c1-17-11(18)15-16-12(17)20-6-7-3-4-8(10(13)14)9(5-7)19-2/h3-5H,6H2,1-2H3,(H3,13,14)(H,15,18). The molecule has 7 nitrogen and oxygen atoms in total. The Kier molecular flexibility index (Phi) is 4.14. The van der Waals surface area contributed by atoms with E-state index in [9.17, 15) is 4.79 Å². The molecule has 4 N–H and O–H groups in total. The van der Waals surface area contributed by atoms with Crippen molar-refractivity contribution in [2.75, 3.05) is 7.11 Å². The molecule has 106 valence electrons. The van der Waals surface area contributed by atoms with Crippen LogP contribution in [0.25, 0.3) is 0 Å². The molecule has 0 unspecified atom stereocenters. The second-order valence-corrected chi connectivity index (χ2v) is 5.05. The summed E-state index contributed by atoms with van der Waals surface area (Å²) in [6, 6.07) is 5.45. The van der Waals surface area contributed by atoms with Gasteiger partial charge in [0.1, 0.15) is 11.6 Å². The SMILES string of the molecule is COc1cc(CSc2n[nH]c(=O)n2C)ccc1C(=N)N. The van der Waals surface area contributed by atoms with Crippen LogP contribution < -0.4 is 16.2 Å². The Morgan fingerprint density at radius 2 is 2.35 bits per heavy atom. The zero-order valence-corrected chi connectivity index (χ0v) is 12.0. The minimum absolute atomic E-state index is 0.0317. The fourth-order valence-corrected chi connectivity index (χ4v) is 2.52. The highest BCUT2D eigenvalue weighted by molar-refractivity contribution is 7.98. The molecule has 0 spiro atoms. The minimum atomic E-state index is -0.239. The number of aromatic amines is 1. The van der Waals surface area contributed by atoms with Crippen molar-refractivity contribution in [2.45, 2.75) is 10.9 Å².